The lowest BCUT2D eigenvalue weighted by Gasteiger charge is -2.34. The van der Waals surface area contributed by atoms with Crippen LogP contribution in [0.3, 0.4) is 0 Å². The van der Waals surface area contributed by atoms with Gasteiger partial charge in [0, 0.05) is 7.05 Å². The predicted octanol–water partition coefficient (Wildman–Crippen LogP) is 1.99. The van der Waals surface area contributed by atoms with E-state index in [-0.39, 0.29) is 17.2 Å². The van der Waals surface area contributed by atoms with Gasteiger partial charge in [-0.1, -0.05) is 33.6 Å². The Hall–Kier alpha value is -0.130. The van der Waals surface area contributed by atoms with E-state index < -0.39 is 16.1 Å². The van der Waals surface area contributed by atoms with E-state index in [2.05, 4.69) is 0 Å². The van der Waals surface area contributed by atoms with Crippen LogP contribution in [0.1, 0.15) is 52.9 Å². The molecule has 108 valence electrons. The van der Waals surface area contributed by atoms with Crippen molar-refractivity contribution < 1.29 is 13.5 Å². The summed E-state index contributed by atoms with van der Waals surface area (Å²) in [5.74, 6) is 0.163. The van der Waals surface area contributed by atoms with Gasteiger partial charge in [0.25, 0.3) is 0 Å². The van der Waals surface area contributed by atoms with E-state index in [0.29, 0.717) is 12.8 Å². The minimum Gasteiger partial charge on any atom is -0.391 e. The lowest BCUT2D eigenvalue weighted by Crippen LogP contribution is -2.47. The highest BCUT2D eigenvalue weighted by Gasteiger charge is 2.33. The van der Waals surface area contributed by atoms with Crippen LogP contribution in [0.15, 0.2) is 0 Å². The smallest absolute Gasteiger partial charge is 0.214 e. The molecule has 2 atom stereocenters. The standard InChI is InChI=1S/C13H27NO3S/c1-13(2,3)9-10-18(16,17)14(4)11-7-5-6-8-12(11)15/h11-12,15H,5-10H2,1-4H3. The molecule has 1 aliphatic rings. The number of hydrogen-bond donors (Lipinski definition) is 1. The van der Waals surface area contributed by atoms with E-state index in [4.69, 9.17) is 0 Å². The fourth-order valence-corrected chi connectivity index (χ4v) is 4.12. The highest BCUT2D eigenvalue weighted by molar-refractivity contribution is 7.89. The SMILES string of the molecule is CN(C1CCCCC1O)S(=O)(=O)CCC(C)(C)C. The Bertz CT molecular complexity index is 359. The van der Waals surface area contributed by atoms with E-state index in [1.54, 1.807) is 7.05 Å². The molecule has 1 N–H and O–H groups in total. The summed E-state index contributed by atoms with van der Waals surface area (Å²) >= 11 is 0. The zero-order valence-corrected chi connectivity index (χ0v) is 12.8. The van der Waals surface area contributed by atoms with Crippen molar-refractivity contribution >= 4 is 10.0 Å². The second-order valence-electron chi connectivity index (χ2n) is 6.56. The van der Waals surface area contributed by atoms with Gasteiger partial charge in [-0.05, 0) is 24.7 Å². The first-order valence-electron chi connectivity index (χ1n) is 6.77. The molecule has 5 heteroatoms. The van der Waals surface area contributed by atoms with Gasteiger partial charge in [0.05, 0.1) is 17.9 Å². The van der Waals surface area contributed by atoms with E-state index in [1.807, 2.05) is 20.8 Å². The van der Waals surface area contributed by atoms with Gasteiger partial charge in [-0.15, -0.1) is 0 Å². The van der Waals surface area contributed by atoms with Crippen molar-refractivity contribution in [3.8, 4) is 0 Å². The molecule has 0 aliphatic heterocycles. The molecule has 2 unspecified atom stereocenters. The van der Waals surface area contributed by atoms with Crippen LogP contribution >= 0.6 is 0 Å². The van der Waals surface area contributed by atoms with Crippen LogP contribution < -0.4 is 0 Å². The highest BCUT2D eigenvalue weighted by atomic mass is 32.2. The molecule has 0 heterocycles. The quantitative estimate of drug-likeness (QED) is 0.855. The Kier molecular flexibility index (Phi) is 5.21. The highest BCUT2D eigenvalue weighted by Crippen LogP contribution is 2.26. The van der Waals surface area contributed by atoms with Gasteiger partial charge in [0.1, 0.15) is 0 Å². The van der Waals surface area contributed by atoms with Crippen molar-refractivity contribution in [2.75, 3.05) is 12.8 Å². The van der Waals surface area contributed by atoms with Crippen LogP contribution in [-0.4, -0.2) is 42.8 Å². The second kappa shape index (κ2) is 5.88. The van der Waals surface area contributed by atoms with Crippen molar-refractivity contribution in [3.05, 3.63) is 0 Å². The van der Waals surface area contributed by atoms with E-state index in [1.165, 1.54) is 4.31 Å². The number of sulfonamides is 1. The third-order valence-electron chi connectivity index (χ3n) is 3.71. The van der Waals surface area contributed by atoms with Crippen molar-refractivity contribution in [2.45, 2.75) is 65.0 Å². The Morgan fingerprint density at radius 3 is 2.28 bits per heavy atom. The molecule has 1 aliphatic carbocycles. The maximum atomic E-state index is 12.2. The Morgan fingerprint density at radius 1 is 1.22 bits per heavy atom. The molecule has 4 nitrogen and oxygen atoms in total. The molecule has 18 heavy (non-hydrogen) atoms. The lowest BCUT2D eigenvalue weighted by atomic mass is 9.93. The first-order valence-corrected chi connectivity index (χ1v) is 8.38. The normalized spacial score (nSPS) is 26.6. The van der Waals surface area contributed by atoms with Crippen LogP contribution in [-0.2, 0) is 10.0 Å². The number of rotatable bonds is 4. The molecular formula is C13H27NO3S. The molecular weight excluding hydrogens is 250 g/mol. The number of hydrogen-bond acceptors (Lipinski definition) is 3. The number of likely N-dealkylation sites (N-methyl/N-ethyl adjacent to an activating group) is 1. The Balaban J connectivity index is 2.66. The molecule has 0 aromatic heterocycles. The molecule has 0 aromatic rings. The van der Waals surface area contributed by atoms with Gasteiger partial charge in [0.2, 0.25) is 10.0 Å². The average Bonchev–Trinajstić information content (AvgIpc) is 2.25. The van der Waals surface area contributed by atoms with E-state index in [0.717, 1.165) is 19.3 Å². The summed E-state index contributed by atoms with van der Waals surface area (Å²) in [5.41, 5.74) is 0.0130. The molecule has 1 rings (SSSR count). The number of aliphatic hydroxyl groups is 1. The van der Waals surface area contributed by atoms with Crippen LogP contribution in [0, 0.1) is 5.41 Å². The van der Waals surface area contributed by atoms with Gasteiger partial charge in [-0.2, -0.15) is 4.31 Å². The lowest BCUT2D eigenvalue weighted by molar-refractivity contribution is 0.0637. The molecule has 1 saturated carbocycles. The number of aliphatic hydroxyl groups excluding tert-OH is 1. The van der Waals surface area contributed by atoms with E-state index >= 15 is 0 Å². The third kappa shape index (κ3) is 4.52. The summed E-state index contributed by atoms with van der Waals surface area (Å²) in [6, 6.07) is -0.233. The average molecular weight is 277 g/mol. The van der Waals surface area contributed by atoms with Crippen molar-refractivity contribution in [2.24, 2.45) is 5.41 Å². The van der Waals surface area contributed by atoms with Crippen LogP contribution in [0.2, 0.25) is 0 Å². The second-order valence-corrected chi connectivity index (χ2v) is 8.71. The molecule has 0 aromatic carbocycles. The minimum atomic E-state index is -3.25. The molecule has 0 bridgehead atoms. The summed E-state index contributed by atoms with van der Waals surface area (Å²) in [5, 5.41) is 9.92. The topological polar surface area (TPSA) is 57.6 Å². The summed E-state index contributed by atoms with van der Waals surface area (Å²) in [6.07, 6.45) is 3.61. The fraction of sp³-hybridized carbons (Fsp3) is 1.00. The molecule has 0 saturated heterocycles. The largest absolute Gasteiger partial charge is 0.391 e. The van der Waals surface area contributed by atoms with Crippen LogP contribution in [0.4, 0.5) is 0 Å². The zero-order valence-electron chi connectivity index (χ0n) is 12.0. The van der Waals surface area contributed by atoms with Gasteiger partial charge in [-0.3, -0.25) is 0 Å². The van der Waals surface area contributed by atoms with Crippen molar-refractivity contribution in [3.63, 3.8) is 0 Å². The summed E-state index contributed by atoms with van der Waals surface area (Å²) in [6.45, 7) is 6.12. The third-order valence-corrected chi connectivity index (χ3v) is 5.58. The van der Waals surface area contributed by atoms with Gasteiger partial charge >= 0.3 is 0 Å². The van der Waals surface area contributed by atoms with Crippen LogP contribution in [0.5, 0.6) is 0 Å². The minimum absolute atomic E-state index is 0.0130. The monoisotopic (exact) mass is 277 g/mol. The summed E-state index contributed by atoms with van der Waals surface area (Å²) in [4.78, 5) is 0. The molecule has 0 radical (unpaired) electrons. The first-order chi connectivity index (χ1) is 8.13. The summed E-state index contributed by atoms with van der Waals surface area (Å²) < 4.78 is 25.9. The van der Waals surface area contributed by atoms with Gasteiger partial charge in [0.15, 0.2) is 0 Å². The van der Waals surface area contributed by atoms with Crippen molar-refractivity contribution in [1.82, 2.24) is 4.31 Å². The van der Waals surface area contributed by atoms with Gasteiger partial charge in [-0.25, -0.2) is 8.42 Å². The summed E-state index contributed by atoms with van der Waals surface area (Å²) in [7, 11) is -1.64. The maximum Gasteiger partial charge on any atom is 0.214 e. The fourth-order valence-electron chi connectivity index (χ4n) is 2.30. The predicted molar refractivity (Wildman–Crippen MR) is 73.9 cm³/mol. The maximum absolute atomic E-state index is 12.2. The first kappa shape index (κ1) is 15.9. The Labute approximate surface area is 111 Å². The van der Waals surface area contributed by atoms with E-state index in [9.17, 15) is 13.5 Å². The van der Waals surface area contributed by atoms with Crippen LogP contribution in [0.25, 0.3) is 0 Å². The molecule has 1 fully saturated rings. The molecule has 0 spiro atoms. The van der Waals surface area contributed by atoms with Gasteiger partial charge < -0.3 is 5.11 Å². The number of nitrogens with zero attached hydrogens (tertiary/aromatic N) is 1. The Morgan fingerprint density at radius 2 is 1.78 bits per heavy atom. The zero-order chi connectivity index (χ0) is 14.0. The molecule has 0 amide bonds. The van der Waals surface area contributed by atoms with Crippen molar-refractivity contribution in [1.29, 1.82) is 0 Å².